The van der Waals surface area contributed by atoms with Crippen LogP contribution in [0.15, 0.2) is 30.3 Å². The van der Waals surface area contributed by atoms with Crippen molar-refractivity contribution < 1.29 is 9.90 Å². The van der Waals surface area contributed by atoms with Crippen molar-refractivity contribution in [3.8, 4) is 0 Å². The van der Waals surface area contributed by atoms with E-state index >= 15 is 0 Å². The number of nitrogens with one attached hydrogen (secondary N) is 1. The fourth-order valence-electron chi connectivity index (χ4n) is 2.11. The van der Waals surface area contributed by atoms with Crippen LogP contribution in [0, 0.1) is 5.92 Å². The average molecular weight is 263 g/mol. The molecule has 3 nitrogen and oxygen atoms in total. The molecule has 0 bridgehead atoms. The zero-order valence-corrected chi connectivity index (χ0v) is 12.1. The van der Waals surface area contributed by atoms with Crippen LogP contribution in [0.4, 0.5) is 0 Å². The molecule has 0 fully saturated rings. The zero-order valence-electron chi connectivity index (χ0n) is 12.1. The van der Waals surface area contributed by atoms with Gasteiger partial charge in [0, 0.05) is 6.54 Å². The van der Waals surface area contributed by atoms with Gasteiger partial charge in [0.2, 0.25) is 5.91 Å². The predicted molar refractivity (Wildman–Crippen MR) is 77.9 cm³/mol. The molecule has 0 aliphatic heterocycles. The number of rotatable bonds is 7. The minimum absolute atomic E-state index is 0.00745. The molecule has 0 saturated carbocycles. The SMILES string of the molecule is CCC(O)CNC(=O)C(c1ccccc1)C(C)CC. The summed E-state index contributed by atoms with van der Waals surface area (Å²) < 4.78 is 0. The summed E-state index contributed by atoms with van der Waals surface area (Å²) in [6.45, 7) is 6.41. The molecule has 19 heavy (non-hydrogen) atoms. The summed E-state index contributed by atoms with van der Waals surface area (Å²) in [6, 6.07) is 9.85. The fourth-order valence-corrected chi connectivity index (χ4v) is 2.11. The van der Waals surface area contributed by atoms with Crippen molar-refractivity contribution in [1.29, 1.82) is 0 Å². The number of benzene rings is 1. The number of aliphatic hydroxyl groups is 1. The smallest absolute Gasteiger partial charge is 0.227 e. The Bertz CT molecular complexity index is 378. The molecule has 0 spiro atoms. The normalized spacial score (nSPS) is 15.6. The Balaban J connectivity index is 2.77. The molecule has 0 aliphatic rings. The maximum atomic E-state index is 12.3. The van der Waals surface area contributed by atoms with Crippen LogP contribution in [-0.4, -0.2) is 23.7 Å². The van der Waals surface area contributed by atoms with Crippen LogP contribution in [-0.2, 0) is 4.79 Å². The summed E-state index contributed by atoms with van der Waals surface area (Å²) in [6.07, 6.45) is 1.14. The monoisotopic (exact) mass is 263 g/mol. The molecular formula is C16H25NO2. The number of carbonyl (C=O) groups is 1. The lowest BCUT2D eigenvalue weighted by molar-refractivity contribution is -0.124. The van der Waals surface area contributed by atoms with E-state index in [2.05, 4.69) is 19.2 Å². The molecule has 0 aliphatic carbocycles. The summed E-state index contributed by atoms with van der Waals surface area (Å²) in [5, 5.41) is 12.4. The van der Waals surface area contributed by atoms with E-state index in [-0.39, 0.29) is 17.7 Å². The van der Waals surface area contributed by atoms with Gasteiger partial charge in [0.25, 0.3) is 0 Å². The van der Waals surface area contributed by atoms with Gasteiger partial charge in [-0.15, -0.1) is 0 Å². The molecule has 1 amide bonds. The number of aliphatic hydroxyl groups excluding tert-OH is 1. The lowest BCUT2D eigenvalue weighted by atomic mass is 9.85. The van der Waals surface area contributed by atoms with Gasteiger partial charge in [-0.1, -0.05) is 57.5 Å². The van der Waals surface area contributed by atoms with Crippen LogP contribution in [0.5, 0.6) is 0 Å². The molecule has 0 saturated heterocycles. The van der Waals surface area contributed by atoms with E-state index in [0.717, 1.165) is 12.0 Å². The maximum Gasteiger partial charge on any atom is 0.227 e. The first-order chi connectivity index (χ1) is 9.10. The number of amides is 1. The Labute approximate surface area is 116 Å². The fraction of sp³-hybridized carbons (Fsp3) is 0.562. The highest BCUT2D eigenvalue weighted by atomic mass is 16.3. The van der Waals surface area contributed by atoms with Crippen molar-refractivity contribution >= 4 is 5.91 Å². The third-order valence-corrected chi connectivity index (χ3v) is 3.64. The Morgan fingerprint density at radius 1 is 1.21 bits per heavy atom. The molecule has 1 rings (SSSR count). The second-order valence-corrected chi connectivity index (χ2v) is 5.08. The van der Waals surface area contributed by atoms with Crippen LogP contribution in [0.1, 0.15) is 45.1 Å². The van der Waals surface area contributed by atoms with Gasteiger partial charge in [-0.2, -0.15) is 0 Å². The van der Waals surface area contributed by atoms with E-state index < -0.39 is 6.10 Å². The highest BCUT2D eigenvalue weighted by Gasteiger charge is 2.25. The Hall–Kier alpha value is -1.35. The van der Waals surface area contributed by atoms with Gasteiger partial charge in [-0.25, -0.2) is 0 Å². The zero-order chi connectivity index (χ0) is 14.3. The Kier molecular flexibility index (Phi) is 6.57. The predicted octanol–water partition coefficient (Wildman–Crippen LogP) is 2.70. The first-order valence-corrected chi connectivity index (χ1v) is 7.10. The first-order valence-electron chi connectivity index (χ1n) is 7.10. The second kappa shape index (κ2) is 7.95. The summed E-state index contributed by atoms with van der Waals surface area (Å²) in [4.78, 5) is 12.3. The van der Waals surface area contributed by atoms with Gasteiger partial charge in [-0.05, 0) is 17.9 Å². The molecule has 3 heteroatoms. The number of hydrogen-bond acceptors (Lipinski definition) is 2. The summed E-state index contributed by atoms with van der Waals surface area (Å²) in [5.74, 6) is 0.143. The van der Waals surface area contributed by atoms with Crippen molar-refractivity contribution in [1.82, 2.24) is 5.32 Å². The van der Waals surface area contributed by atoms with Crippen LogP contribution >= 0.6 is 0 Å². The molecule has 0 heterocycles. The van der Waals surface area contributed by atoms with Crippen LogP contribution in [0.3, 0.4) is 0 Å². The van der Waals surface area contributed by atoms with Gasteiger partial charge < -0.3 is 10.4 Å². The van der Waals surface area contributed by atoms with Crippen LogP contribution < -0.4 is 5.32 Å². The van der Waals surface area contributed by atoms with Gasteiger partial charge >= 0.3 is 0 Å². The molecule has 2 N–H and O–H groups in total. The van der Waals surface area contributed by atoms with Crippen molar-refractivity contribution in [2.24, 2.45) is 5.92 Å². The van der Waals surface area contributed by atoms with Gasteiger partial charge in [-0.3, -0.25) is 4.79 Å². The Morgan fingerprint density at radius 2 is 1.84 bits per heavy atom. The molecule has 0 aromatic heterocycles. The maximum absolute atomic E-state index is 12.3. The highest BCUT2D eigenvalue weighted by molar-refractivity contribution is 5.83. The van der Waals surface area contributed by atoms with Crippen molar-refractivity contribution in [3.63, 3.8) is 0 Å². The molecule has 1 aromatic rings. The van der Waals surface area contributed by atoms with E-state index in [1.807, 2.05) is 37.3 Å². The summed E-state index contributed by atoms with van der Waals surface area (Å²) in [5.41, 5.74) is 1.04. The molecule has 3 atom stereocenters. The van der Waals surface area contributed by atoms with E-state index in [9.17, 15) is 9.90 Å². The molecule has 106 valence electrons. The molecule has 3 unspecified atom stereocenters. The van der Waals surface area contributed by atoms with Gasteiger partial charge in [0.15, 0.2) is 0 Å². The lowest BCUT2D eigenvalue weighted by Crippen LogP contribution is -2.37. The quantitative estimate of drug-likeness (QED) is 0.794. The van der Waals surface area contributed by atoms with E-state index in [1.54, 1.807) is 0 Å². The summed E-state index contributed by atoms with van der Waals surface area (Å²) >= 11 is 0. The highest BCUT2D eigenvalue weighted by Crippen LogP contribution is 2.27. The van der Waals surface area contributed by atoms with Crippen LogP contribution in [0.2, 0.25) is 0 Å². The summed E-state index contributed by atoms with van der Waals surface area (Å²) in [7, 11) is 0. The number of carbonyl (C=O) groups excluding carboxylic acids is 1. The molecule has 0 radical (unpaired) electrons. The van der Waals surface area contributed by atoms with E-state index in [1.165, 1.54) is 0 Å². The third kappa shape index (κ3) is 4.67. The molecular weight excluding hydrogens is 238 g/mol. The first kappa shape index (κ1) is 15.7. The van der Waals surface area contributed by atoms with Gasteiger partial charge in [0.05, 0.1) is 12.0 Å². The van der Waals surface area contributed by atoms with Gasteiger partial charge in [0.1, 0.15) is 0 Å². The van der Waals surface area contributed by atoms with Crippen LogP contribution in [0.25, 0.3) is 0 Å². The van der Waals surface area contributed by atoms with E-state index in [0.29, 0.717) is 13.0 Å². The second-order valence-electron chi connectivity index (χ2n) is 5.08. The minimum atomic E-state index is -0.461. The average Bonchev–Trinajstić information content (AvgIpc) is 2.45. The Morgan fingerprint density at radius 3 is 2.37 bits per heavy atom. The van der Waals surface area contributed by atoms with Crippen molar-refractivity contribution in [2.75, 3.05) is 6.54 Å². The van der Waals surface area contributed by atoms with E-state index in [4.69, 9.17) is 0 Å². The lowest BCUT2D eigenvalue weighted by Gasteiger charge is -2.23. The molecule has 1 aromatic carbocycles. The number of hydrogen-bond donors (Lipinski definition) is 2. The minimum Gasteiger partial charge on any atom is -0.391 e. The topological polar surface area (TPSA) is 49.3 Å². The standard InChI is InChI=1S/C16H25NO2/c1-4-12(3)15(13-9-7-6-8-10-13)16(19)17-11-14(18)5-2/h6-10,12,14-15,18H,4-5,11H2,1-3H3,(H,17,19). The van der Waals surface area contributed by atoms with Crippen molar-refractivity contribution in [2.45, 2.75) is 45.6 Å². The third-order valence-electron chi connectivity index (χ3n) is 3.64. The largest absolute Gasteiger partial charge is 0.391 e. The van der Waals surface area contributed by atoms with Crippen molar-refractivity contribution in [3.05, 3.63) is 35.9 Å².